The predicted molar refractivity (Wildman–Crippen MR) is 88.4 cm³/mol. The molecule has 2 heterocycles. The molecular formula is C18H28FN3. The van der Waals surface area contributed by atoms with E-state index in [1.54, 1.807) is 12.1 Å². The molecule has 1 aromatic rings. The summed E-state index contributed by atoms with van der Waals surface area (Å²) in [5, 5.41) is 0. The number of nitrogens with zero attached hydrogens (tertiary/aromatic N) is 2. The van der Waals surface area contributed by atoms with Gasteiger partial charge in [-0.05, 0) is 43.1 Å². The van der Waals surface area contributed by atoms with Gasteiger partial charge in [-0.1, -0.05) is 26.0 Å². The minimum Gasteiger partial charge on any atom is -0.326 e. The topological polar surface area (TPSA) is 32.5 Å². The van der Waals surface area contributed by atoms with E-state index in [4.69, 9.17) is 5.73 Å². The lowest BCUT2D eigenvalue weighted by Crippen LogP contribution is -2.49. The van der Waals surface area contributed by atoms with Crippen molar-refractivity contribution in [3.63, 3.8) is 0 Å². The minimum atomic E-state index is -0.173. The molecule has 0 spiro atoms. The second-order valence-corrected chi connectivity index (χ2v) is 7.00. The van der Waals surface area contributed by atoms with E-state index in [-0.39, 0.29) is 11.9 Å². The Morgan fingerprint density at radius 2 is 1.91 bits per heavy atom. The van der Waals surface area contributed by atoms with Crippen molar-refractivity contribution in [1.29, 1.82) is 0 Å². The molecule has 0 unspecified atom stereocenters. The molecule has 22 heavy (non-hydrogen) atoms. The number of hydrogen-bond acceptors (Lipinski definition) is 3. The van der Waals surface area contributed by atoms with E-state index >= 15 is 0 Å². The lowest BCUT2D eigenvalue weighted by atomic mass is 9.92. The maximum absolute atomic E-state index is 13.1. The van der Waals surface area contributed by atoms with E-state index in [1.807, 2.05) is 12.1 Å². The van der Waals surface area contributed by atoms with Crippen LogP contribution in [0.2, 0.25) is 0 Å². The van der Waals surface area contributed by atoms with Gasteiger partial charge in [-0.25, -0.2) is 4.39 Å². The Bertz CT molecular complexity index is 490. The molecule has 0 bridgehead atoms. The Balaban J connectivity index is 1.66. The third-order valence-corrected chi connectivity index (χ3v) is 5.55. The first-order valence-corrected chi connectivity index (χ1v) is 8.56. The average molecular weight is 305 g/mol. The fraction of sp³-hybridized carbons (Fsp3) is 0.667. The maximum atomic E-state index is 13.1. The molecule has 3 nitrogen and oxygen atoms in total. The molecule has 2 aliphatic rings. The average Bonchev–Trinajstić information content (AvgIpc) is 2.89. The van der Waals surface area contributed by atoms with Gasteiger partial charge in [-0.15, -0.1) is 0 Å². The number of nitrogens with two attached hydrogens (primary N) is 1. The fourth-order valence-electron chi connectivity index (χ4n) is 4.24. The zero-order valence-electron chi connectivity index (χ0n) is 13.7. The molecular weight excluding hydrogens is 277 g/mol. The van der Waals surface area contributed by atoms with Crippen molar-refractivity contribution in [2.45, 2.75) is 38.3 Å². The van der Waals surface area contributed by atoms with Crippen LogP contribution in [-0.2, 0) is 0 Å². The Morgan fingerprint density at radius 1 is 1.18 bits per heavy atom. The van der Waals surface area contributed by atoms with Crippen molar-refractivity contribution < 1.29 is 4.39 Å². The number of rotatable bonds is 3. The molecule has 3 rings (SSSR count). The monoisotopic (exact) mass is 305 g/mol. The van der Waals surface area contributed by atoms with Gasteiger partial charge < -0.3 is 10.6 Å². The Hall–Kier alpha value is -0.970. The van der Waals surface area contributed by atoms with Gasteiger partial charge in [0.05, 0.1) is 0 Å². The van der Waals surface area contributed by atoms with Crippen LogP contribution in [-0.4, -0.2) is 54.6 Å². The third-order valence-electron chi connectivity index (χ3n) is 5.55. The first kappa shape index (κ1) is 15.9. The summed E-state index contributed by atoms with van der Waals surface area (Å²) in [5.41, 5.74) is 7.58. The zero-order chi connectivity index (χ0) is 15.7. The van der Waals surface area contributed by atoms with Crippen molar-refractivity contribution in [2.24, 2.45) is 11.7 Å². The van der Waals surface area contributed by atoms with Crippen LogP contribution in [0.1, 0.15) is 31.7 Å². The molecule has 2 N–H and O–H groups in total. The van der Waals surface area contributed by atoms with Gasteiger partial charge in [-0.2, -0.15) is 0 Å². The van der Waals surface area contributed by atoms with Gasteiger partial charge in [0.15, 0.2) is 0 Å². The van der Waals surface area contributed by atoms with Gasteiger partial charge in [0.25, 0.3) is 0 Å². The van der Waals surface area contributed by atoms with Crippen molar-refractivity contribution in [3.05, 3.63) is 35.6 Å². The lowest BCUT2D eigenvalue weighted by Gasteiger charge is -2.41. The maximum Gasteiger partial charge on any atom is 0.123 e. The van der Waals surface area contributed by atoms with Crippen LogP contribution in [0.5, 0.6) is 0 Å². The fourth-order valence-corrected chi connectivity index (χ4v) is 4.24. The van der Waals surface area contributed by atoms with Crippen LogP contribution in [0, 0.1) is 11.7 Å². The van der Waals surface area contributed by atoms with E-state index in [9.17, 15) is 4.39 Å². The van der Waals surface area contributed by atoms with Crippen molar-refractivity contribution in [2.75, 3.05) is 32.7 Å². The van der Waals surface area contributed by atoms with Crippen molar-refractivity contribution in [3.8, 4) is 0 Å². The molecule has 2 saturated heterocycles. The second-order valence-electron chi connectivity index (χ2n) is 7.00. The number of likely N-dealkylation sites (tertiary alicyclic amines) is 2. The molecule has 0 amide bonds. The molecule has 1 aromatic carbocycles. The third kappa shape index (κ3) is 3.19. The van der Waals surface area contributed by atoms with Crippen LogP contribution in [0.25, 0.3) is 0 Å². The van der Waals surface area contributed by atoms with E-state index in [2.05, 4.69) is 23.6 Å². The standard InChI is InChI=1S/C18H28FN3/c1-3-21-9-8-18(13(2)10-21)22-11-16(17(20)12-22)14-4-6-15(19)7-5-14/h4-7,13,16-18H,3,8-12,20H2,1-2H3/t13-,16-,17-,18-/m0/s1. The molecule has 4 atom stereocenters. The highest BCUT2D eigenvalue weighted by atomic mass is 19.1. The summed E-state index contributed by atoms with van der Waals surface area (Å²) >= 11 is 0. The van der Waals surface area contributed by atoms with Crippen LogP contribution >= 0.6 is 0 Å². The summed E-state index contributed by atoms with van der Waals surface area (Å²) in [4.78, 5) is 5.12. The summed E-state index contributed by atoms with van der Waals surface area (Å²) in [6, 6.07) is 7.68. The van der Waals surface area contributed by atoms with E-state index in [1.165, 1.54) is 25.1 Å². The van der Waals surface area contributed by atoms with Crippen LogP contribution in [0.3, 0.4) is 0 Å². The Labute approximate surface area is 133 Å². The highest BCUT2D eigenvalue weighted by Crippen LogP contribution is 2.32. The second kappa shape index (κ2) is 6.65. The number of benzene rings is 1. The van der Waals surface area contributed by atoms with Gasteiger partial charge in [0.2, 0.25) is 0 Å². The first-order valence-electron chi connectivity index (χ1n) is 8.56. The van der Waals surface area contributed by atoms with Gasteiger partial charge in [0.1, 0.15) is 5.82 Å². The van der Waals surface area contributed by atoms with Crippen LogP contribution in [0.15, 0.2) is 24.3 Å². The number of hydrogen-bond donors (Lipinski definition) is 1. The SMILES string of the molecule is CCN1CC[C@H](N2C[C@H](N)[C@H](c3ccc(F)cc3)C2)[C@@H](C)C1. The molecule has 4 heteroatoms. The molecule has 2 aliphatic heterocycles. The smallest absolute Gasteiger partial charge is 0.123 e. The zero-order valence-corrected chi connectivity index (χ0v) is 13.7. The molecule has 0 aromatic heterocycles. The van der Waals surface area contributed by atoms with Gasteiger partial charge >= 0.3 is 0 Å². The summed E-state index contributed by atoms with van der Waals surface area (Å²) < 4.78 is 13.1. The van der Waals surface area contributed by atoms with E-state index in [0.717, 1.165) is 19.6 Å². The summed E-state index contributed by atoms with van der Waals surface area (Å²) in [7, 11) is 0. The molecule has 0 radical (unpaired) electrons. The predicted octanol–water partition coefficient (Wildman–Crippen LogP) is 2.28. The normalized spacial score (nSPS) is 34.2. The summed E-state index contributed by atoms with van der Waals surface area (Å²) in [6.45, 7) is 10.1. The molecule has 2 fully saturated rings. The molecule has 0 saturated carbocycles. The van der Waals surface area contributed by atoms with Crippen molar-refractivity contribution >= 4 is 0 Å². The van der Waals surface area contributed by atoms with Crippen LogP contribution in [0.4, 0.5) is 4.39 Å². The van der Waals surface area contributed by atoms with Gasteiger partial charge in [0, 0.05) is 37.6 Å². The lowest BCUT2D eigenvalue weighted by molar-refractivity contribution is 0.0804. The van der Waals surface area contributed by atoms with Gasteiger partial charge in [-0.3, -0.25) is 4.90 Å². The van der Waals surface area contributed by atoms with E-state index < -0.39 is 0 Å². The first-order chi connectivity index (χ1) is 10.6. The van der Waals surface area contributed by atoms with Crippen LogP contribution < -0.4 is 5.73 Å². The summed E-state index contributed by atoms with van der Waals surface area (Å²) in [5.74, 6) is 0.845. The molecule has 122 valence electrons. The minimum absolute atomic E-state index is 0.155. The number of piperidine rings is 1. The largest absolute Gasteiger partial charge is 0.326 e. The molecule has 0 aliphatic carbocycles. The summed E-state index contributed by atoms with van der Waals surface area (Å²) in [6.07, 6.45) is 1.23. The number of halogens is 1. The Morgan fingerprint density at radius 3 is 2.55 bits per heavy atom. The quantitative estimate of drug-likeness (QED) is 0.930. The van der Waals surface area contributed by atoms with Crippen molar-refractivity contribution in [1.82, 2.24) is 9.80 Å². The highest BCUT2D eigenvalue weighted by molar-refractivity contribution is 5.24. The van der Waals surface area contributed by atoms with E-state index in [0.29, 0.717) is 17.9 Å². The highest BCUT2D eigenvalue weighted by Gasteiger charge is 2.38. The Kier molecular flexibility index (Phi) is 4.81.